The van der Waals surface area contributed by atoms with Crippen LogP contribution in [0.2, 0.25) is 0 Å². The van der Waals surface area contributed by atoms with Gasteiger partial charge in [0.2, 0.25) is 11.8 Å². The Bertz CT molecular complexity index is 832. The van der Waals surface area contributed by atoms with Crippen LogP contribution in [0.3, 0.4) is 0 Å². The minimum Gasteiger partial charge on any atom is -0.356 e. The summed E-state index contributed by atoms with van der Waals surface area (Å²) in [5.74, 6) is -0.489. The zero-order valence-electron chi connectivity index (χ0n) is 15.5. The Morgan fingerprint density at radius 2 is 2.07 bits per heavy atom. The van der Waals surface area contributed by atoms with Crippen molar-refractivity contribution < 1.29 is 14.4 Å². The number of fused-ring (bicyclic) bond motifs is 1. The number of hydrogen-bond donors (Lipinski definition) is 3. The zero-order valence-corrected chi connectivity index (χ0v) is 15.5. The van der Waals surface area contributed by atoms with Gasteiger partial charge in [-0.05, 0) is 25.8 Å². The van der Waals surface area contributed by atoms with Crippen molar-refractivity contribution in [1.29, 1.82) is 0 Å². The van der Waals surface area contributed by atoms with E-state index in [-0.39, 0.29) is 36.6 Å². The highest BCUT2D eigenvalue weighted by atomic mass is 16.2. The second-order valence-corrected chi connectivity index (χ2v) is 6.70. The number of carbonyl (C=O) groups is 3. The summed E-state index contributed by atoms with van der Waals surface area (Å²) in [6.07, 6.45) is 1.83. The van der Waals surface area contributed by atoms with Crippen molar-refractivity contribution in [3.05, 3.63) is 30.0 Å². The fraction of sp³-hybridized carbons (Fsp3) is 0.474. The second-order valence-electron chi connectivity index (χ2n) is 6.70. The number of hydrogen-bond acceptors (Lipinski definition) is 4. The lowest BCUT2D eigenvalue weighted by Gasteiger charge is -2.32. The first kappa shape index (κ1) is 18.9. The second kappa shape index (κ2) is 8.66. The number of carbonyl (C=O) groups excluding carboxylic acids is 3. The fourth-order valence-electron chi connectivity index (χ4n) is 3.40. The molecule has 0 radical (unpaired) electrons. The molecule has 0 bridgehead atoms. The molecule has 0 saturated carbocycles. The maximum Gasteiger partial charge on any atom is 0.272 e. The number of nitrogens with one attached hydrogen (secondary N) is 3. The molecule has 1 aromatic carbocycles. The van der Waals surface area contributed by atoms with Gasteiger partial charge in [-0.25, -0.2) is 0 Å². The molecule has 8 nitrogen and oxygen atoms in total. The number of aromatic nitrogens is 2. The number of aromatic amines is 1. The van der Waals surface area contributed by atoms with Crippen LogP contribution in [0, 0.1) is 5.92 Å². The molecule has 0 aliphatic carbocycles. The van der Waals surface area contributed by atoms with Crippen LogP contribution in [-0.4, -0.2) is 59.0 Å². The highest BCUT2D eigenvalue weighted by molar-refractivity contribution is 6.04. The number of amides is 3. The summed E-state index contributed by atoms with van der Waals surface area (Å²) in [5, 5.41) is 13.2. The van der Waals surface area contributed by atoms with Crippen LogP contribution in [-0.2, 0) is 9.59 Å². The number of piperidine rings is 1. The lowest BCUT2D eigenvalue weighted by atomic mass is 9.97. The Morgan fingerprint density at radius 3 is 2.89 bits per heavy atom. The molecular formula is C19H25N5O3. The number of rotatable bonds is 6. The normalized spacial score (nSPS) is 16.9. The first-order chi connectivity index (χ1) is 13.1. The van der Waals surface area contributed by atoms with Crippen LogP contribution in [0.5, 0.6) is 0 Å². The van der Waals surface area contributed by atoms with Gasteiger partial charge in [-0.15, -0.1) is 0 Å². The molecule has 3 rings (SSSR count). The van der Waals surface area contributed by atoms with Gasteiger partial charge in [0.05, 0.1) is 11.4 Å². The van der Waals surface area contributed by atoms with Crippen molar-refractivity contribution in [2.24, 2.45) is 5.92 Å². The van der Waals surface area contributed by atoms with Crippen LogP contribution in [0.1, 0.15) is 36.7 Å². The first-order valence-electron chi connectivity index (χ1n) is 9.37. The van der Waals surface area contributed by atoms with Crippen LogP contribution in [0.25, 0.3) is 10.9 Å². The molecule has 1 saturated heterocycles. The predicted octanol–water partition coefficient (Wildman–Crippen LogP) is 1.06. The topological polar surface area (TPSA) is 107 Å². The van der Waals surface area contributed by atoms with E-state index in [0.717, 1.165) is 23.7 Å². The Balaban J connectivity index is 1.49. The maximum atomic E-state index is 12.4. The largest absolute Gasteiger partial charge is 0.356 e. The summed E-state index contributed by atoms with van der Waals surface area (Å²) < 4.78 is 0. The molecule has 27 heavy (non-hydrogen) atoms. The van der Waals surface area contributed by atoms with Crippen LogP contribution < -0.4 is 10.6 Å². The molecule has 1 aromatic heterocycles. The summed E-state index contributed by atoms with van der Waals surface area (Å²) >= 11 is 0. The Labute approximate surface area is 157 Å². The van der Waals surface area contributed by atoms with Gasteiger partial charge in [-0.2, -0.15) is 5.10 Å². The van der Waals surface area contributed by atoms with Gasteiger partial charge in [0.15, 0.2) is 5.69 Å². The highest BCUT2D eigenvalue weighted by Gasteiger charge is 2.27. The SMILES string of the molecule is CCNC(=O)C1CCCN(C(=O)CCNC(=O)c2n[nH]c3ccccc23)C1. The average Bonchev–Trinajstić information content (AvgIpc) is 3.12. The Morgan fingerprint density at radius 1 is 1.26 bits per heavy atom. The van der Waals surface area contributed by atoms with E-state index < -0.39 is 0 Å². The van der Waals surface area contributed by atoms with Gasteiger partial charge >= 0.3 is 0 Å². The summed E-state index contributed by atoms with van der Waals surface area (Å²) in [5.41, 5.74) is 1.12. The summed E-state index contributed by atoms with van der Waals surface area (Å²) in [6.45, 7) is 3.82. The maximum absolute atomic E-state index is 12.4. The Kier molecular flexibility index (Phi) is 6.05. The zero-order chi connectivity index (χ0) is 19.2. The van der Waals surface area contributed by atoms with Crippen molar-refractivity contribution in [2.45, 2.75) is 26.2 Å². The summed E-state index contributed by atoms with van der Waals surface area (Å²) in [4.78, 5) is 38.5. The predicted molar refractivity (Wildman–Crippen MR) is 101 cm³/mol. The van der Waals surface area contributed by atoms with Crippen molar-refractivity contribution in [1.82, 2.24) is 25.7 Å². The van der Waals surface area contributed by atoms with Crippen LogP contribution in [0.4, 0.5) is 0 Å². The molecule has 1 unspecified atom stereocenters. The Hall–Kier alpha value is -2.90. The van der Waals surface area contributed by atoms with Crippen molar-refractivity contribution in [3.63, 3.8) is 0 Å². The van der Waals surface area contributed by atoms with E-state index in [2.05, 4.69) is 20.8 Å². The van der Waals surface area contributed by atoms with Gasteiger partial charge in [0.25, 0.3) is 5.91 Å². The smallest absolute Gasteiger partial charge is 0.272 e. The molecule has 144 valence electrons. The molecule has 1 atom stereocenters. The highest BCUT2D eigenvalue weighted by Crippen LogP contribution is 2.17. The van der Waals surface area contributed by atoms with Crippen molar-refractivity contribution in [3.8, 4) is 0 Å². The standard InChI is InChI=1S/C19H25N5O3/c1-2-20-18(26)13-6-5-11-24(12-13)16(25)9-10-21-19(27)17-14-7-3-4-8-15(14)22-23-17/h3-4,7-8,13H,2,5-6,9-12H2,1H3,(H,20,26)(H,21,27)(H,22,23). The summed E-state index contributed by atoms with van der Waals surface area (Å²) in [6, 6.07) is 7.39. The van der Waals surface area contributed by atoms with Gasteiger partial charge in [0, 0.05) is 38.0 Å². The first-order valence-corrected chi connectivity index (χ1v) is 9.37. The minimum atomic E-state index is -0.306. The van der Waals surface area contributed by atoms with Crippen LogP contribution >= 0.6 is 0 Å². The van der Waals surface area contributed by atoms with Crippen molar-refractivity contribution >= 4 is 28.6 Å². The van der Waals surface area contributed by atoms with Gasteiger partial charge in [0.1, 0.15) is 0 Å². The molecule has 2 aromatic rings. The van der Waals surface area contributed by atoms with E-state index in [1.54, 1.807) is 4.90 Å². The quantitative estimate of drug-likeness (QED) is 0.706. The third kappa shape index (κ3) is 4.45. The number of nitrogens with zero attached hydrogens (tertiary/aromatic N) is 2. The average molecular weight is 371 g/mol. The van der Waals surface area contributed by atoms with Gasteiger partial charge in [-0.1, -0.05) is 18.2 Å². The fourth-order valence-corrected chi connectivity index (χ4v) is 3.40. The summed E-state index contributed by atoms with van der Waals surface area (Å²) in [7, 11) is 0. The molecule has 8 heteroatoms. The molecule has 3 N–H and O–H groups in total. The van der Waals surface area contributed by atoms with E-state index in [9.17, 15) is 14.4 Å². The monoisotopic (exact) mass is 371 g/mol. The molecule has 1 aliphatic rings. The molecule has 3 amide bonds. The van der Waals surface area contributed by atoms with E-state index in [1.165, 1.54) is 0 Å². The lowest BCUT2D eigenvalue weighted by Crippen LogP contribution is -2.46. The van der Waals surface area contributed by atoms with E-state index >= 15 is 0 Å². The number of para-hydroxylation sites is 1. The lowest BCUT2D eigenvalue weighted by molar-refractivity contribution is -0.135. The van der Waals surface area contributed by atoms with Gasteiger partial charge < -0.3 is 15.5 Å². The molecule has 0 spiro atoms. The molecule has 2 heterocycles. The molecule has 1 fully saturated rings. The third-order valence-electron chi connectivity index (χ3n) is 4.81. The van der Waals surface area contributed by atoms with E-state index in [1.807, 2.05) is 31.2 Å². The van der Waals surface area contributed by atoms with E-state index in [0.29, 0.717) is 25.3 Å². The van der Waals surface area contributed by atoms with Gasteiger partial charge in [-0.3, -0.25) is 19.5 Å². The van der Waals surface area contributed by atoms with Crippen LogP contribution in [0.15, 0.2) is 24.3 Å². The molecular weight excluding hydrogens is 346 g/mol. The third-order valence-corrected chi connectivity index (χ3v) is 4.81. The van der Waals surface area contributed by atoms with E-state index in [4.69, 9.17) is 0 Å². The minimum absolute atomic E-state index is 0.00807. The number of H-pyrrole nitrogens is 1. The number of benzene rings is 1. The number of likely N-dealkylation sites (tertiary alicyclic amines) is 1. The van der Waals surface area contributed by atoms with Crippen molar-refractivity contribution in [2.75, 3.05) is 26.2 Å². The molecule has 1 aliphatic heterocycles.